The summed E-state index contributed by atoms with van der Waals surface area (Å²) in [7, 11) is 3.22. The molecule has 0 heterocycles. The lowest BCUT2D eigenvalue weighted by Crippen LogP contribution is -2.23. The predicted molar refractivity (Wildman–Crippen MR) is 128 cm³/mol. The number of halogens is 1. The standard InChI is InChI=1S/C22H29N3O3.HI/c1-26-19-12-13-21(27-2)20(14-19)25-22(23)24-15-16-8-10-18(11-9-16)28-17-6-4-3-5-7-17;/h8-14,17H,3-7,15H2,1-2H3,(H3,23,24,25);1H. The van der Waals surface area contributed by atoms with Crippen LogP contribution in [0.25, 0.3) is 0 Å². The van der Waals surface area contributed by atoms with E-state index in [1.165, 1.54) is 19.3 Å². The molecule has 0 atom stereocenters. The maximum Gasteiger partial charge on any atom is 0.193 e. The lowest BCUT2D eigenvalue weighted by Gasteiger charge is -2.23. The van der Waals surface area contributed by atoms with Crippen molar-refractivity contribution in [2.75, 3.05) is 19.5 Å². The van der Waals surface area contributed by atoms with E-state index in [2.05, 4.69) is 10.3 Å². The first-order chi connectivity index (χ1) is 13.7. The number of nitrogens with zero attached hydrogens (tertiary/aromatic N) is 1. The average molecular weight is 511 g/mol. The van der Waals surface area contributed by atoms with Gasteiger partial charge in [0.05, 0.1) is 32.6 Å². The minimum Gasteiger partial charge on any atom is -0.497 e. The topological polar surface area (TPSA) is 78.1 Å². The number of anilines is 1. The number of guanidine groups is 1. The van der Waals surface area contributed by atoms with Gasteiger partial charge in [-0.25, -0.2) is 4.99 Å². The molecule has 0 bridgehead atoms. The summed E-state index contributed by atoms with van der Waals surface area (Å²) in [6, 6.07) is 13.5. The van der Waals surface area contributed by atoms with Gasteiger partial charge in [-0.3, -0.25) is 0 Å². The van der Waals surface area contributed by atoms with Crippen molar-refractivity contribution in [2.45, 2.75) is 44.8 Å². The van der Waals surface area contributed by atoms with Gasteiger partial charge in [0, 0.05) is 6.07 Å². The summed E-state index contributed by atoms with van der Waals surface area (Å²) in [5.74, 6) is 2.62. The van der Waals surface area contributed by atoms with Gasteiger partial charge in [0.15, 0.2) is 5.96 Å². The van der Waals surface area contributed by atoms with Crippen molar-refractivity contribution in [1.29, 1.82) is 0 Å². The van der Waals surface area contributed by atoms with Crippen LogP contribution in [0.1, 0.15) is 37.7 Å². The molecule has 3 N–H and O–H groups in total. The third-order valence-corrected chi connectivity index (χ3v) is 4.88. The highest BCUT2D eigenvalue weighted by atomic mass is 127. The van der Waals surface area contributed by atoms with Crippen LogP contribution in [-0.4, -0.2) is 26.3 Å². The van der Waals surface area contributed by atoms with Crippen molar-refractivity contribution in [1.82, 2.24) is 0 Å². The van der Waals surface area contributed by atoms with Crippen LogP contribution in [0.15, 0.2) is 47.5 Å². The molecule has 29 heavy (non-hydrogen) atoms. The van der Waals surface area contributed by atoms with E-state index in [1.807, 2.05) is 42.5 Å². The average Bonchev–Trinajstić information content (AvgIpc) is 2.74. The second kappa shape index (κ2) is 11.7. The molecule has 0 aliphatic heterocycles. The zero-order valence-electron chi connectivity index (χ0n) is 17.0. The van der Waals surface area contributed by atoms with E-state index < -0.39 is 0 Å². The summed E-state index contributed by atoms with van der Waals surface area (Å²) in [4.78, 5) is 4.41. The first kappa shape index (κ1) is 23.1. The molecule has 0 unspecified atom stereocenters. The summed E-state index contributed by atoms with van der Waals surface area (Å²) in [5, 5.41) is 3.07. The van der Waals surface area contributed by atoms with Gasteiger partial charge in [-0.1, -0.05) is 18.6 Å². The second-order valence-electron chi connectivity index (χ2n) is 6.91. The van der Waals surface area contributed by atoms with Crippen LogP contribution in [0.3, 0.4) is 0 Å². The Kier molecular flexibility index (Phi) is 9.37. The zero-order valence-corrected chi connectivity index (χ0v) is 19.3. The molecule has 3 rings (SSSR count). The summed E-state index contributed by atoms with van der Waals surface area (Å²) < 4.78 is 16.6. The number of nitrogens with two attached hydrogens (primary N) is 1. The third-order valence-electron chi connectivity index (χ3n) is 4.88. The Morgan fingerprint density at radius 2 is 1.69 bits per heavy atom. The Morgan fingerprint density at radius 1 is 1.00 bits per heavy atom. The molecule has 1 aliphatic rings. The molecule has 1 fully saturated rings. The van der Waals surface area contributed by atoms with E-state index in [1.54, 1.807) is 14.2 Å². The Bertz CT molecular complexity index is 790. The van der Waals surface area contributed by atoms with Crippen LogP contribution in [0.2, 0.25) is 0 Å². The number of methoxy groups -OCH3 is 2. The smallest absolute Gasteiger partial charge is 0.193 e. The zero-order chi connectivity index (χ0) is 19.8. The molecular formula is C22H30IN3O3. The number of ether oxygens (including phenoxy) is 3. The molecule has 0 radical (unpaired) electrons. The summed E-state index contributed by atoms with van der Waals surface area (Å²) in [6.45, 7) is 0.481. The van der Waals surface area contributed by atoms with Crippen LogP contribution in [0.5, 0.6) is 17.2 Å². The Hall–Kier alpha value is -2.16. The quantitative estimate of drug-likeness (QED) is 0.312. The molecule has 1 saturated carbocycles. The minimum atomic E-state index is 0. The fourth-order valence-corrected chi connectivity index (χ4v) is 3.31. The van der Waals surface area contributed by atoms with E-state index in [4.69, 9.17) is 19.9 Å². The van der Waals surface area contributed by atoms with E-state index in [-0.39, 0.29) is 24.0 Å². The Labute approximate surface area is 189 Å². The molecule has 2 aromatic carbocycles. The van der Waals surface area contributed by atoms with Crippen molar-refractivity contribution < 1.29 is 14.2 Å². The first-order valence-electron chi connectivity index (χ1n) is 9.72. The molecule has 0 saturated heterocycles. The van der Waals surface area contributed by atoms with E-state index in [0.717, 1.165) is 24.2 Å². The highest BCUT2D eigenvalue weighted by molar-refractivity contribution is 14.0. The van der Waals surface area contributed by atoms with Gasteiger partial charge in [-0.15, -0.1) is 24.0 Å². The van der Waals surface area contributed by atoms with Crippen LogP contribution in [0.4, 0.5) is 5.69 Å². The third kappa shape index (κ3) is 6.99. The van der Waals surface area contributed by atoms with Crippen molar-refractivity contribution >= 4 is 35.6 Å². The molecule has 2 aromatic rings. The van der Waals surface area contributed by atoms with Crippen LogP contribution in [-0.2, 0) is 6.54 Å². The van der Waals surface area contributed by atoms with Gasteiger partial charge in [0.2, 0.25) is 0 Å². The Balaban J connectivity index is 0.00000300. The molecule has 0 aromatic heterocycles. The van der Waals surface area contributed by atoms with Gasteiger partial charge < -0.3 is 25.3 Å². The van der Waals surface area contributed by atoms with Gasteiger partial charge in [0.1, 0.15) is 17.2 Å². The number of rotatable bonds is 7. The summed E-state index contributed by atoms with van der Waals surface area (Å²) in [5.41, 5.74) is 7.82. The number of hydrogen-bond acceptors (Lipinski definition) is 4. The molecule has 0 spiro atoms. The molecule has 158 valence electrons. The normalized spacial score (nSPS) is 14.6. The molecule has 6 nitrogen and oxygen atoms in total. The van der Waals surface area contributed by atoms with E-state index >= 15 is 0 Å². The molecular weight excluding hydrogens is 481 g/mol. The van der Waals surface area contributed by atoms with Crippen molar-refractivity contribution in [2.24, 2.45) is 10.7 Å². The highest BCUT2D eigenvalue weighted by Crippen LogP contribution is 2.28. The van der Waals surface area contributed by atoms with Crippen molar-refractivity contribution in [3.63, 3.8) is 0 Å². The van der Waals surface area contributed by atoms with Crippen LogP contribution >= 0.6 is 24.0 Å². The fraction of sp³-hybridized carbons (Fsp3) is 0.409. The van der Waals surface area contributed by atoms with Crippen LogP contribution < -0.4 is 25.3 Å². The lowest BCUT2D eigenvalue weighted by molar-refractivity contribution is 0.155. The SMILES string of the molecule is COc1ccc(OC)c(NC(N)=NCc2ccc(OC3CCCCC3)cc2)c1.I. The summed E-state index contributed by atoms with van der Waals surface area (Å²) in [6.07, 6.45) is 6.52. The predicted octanol–water partition coefficient (Wildman–Crippen LogP) is 4.96. The number of aliphatic imine (C=N–C) groups is 1. The maximum atomic E-state index is 6.06. The van der Waals surface area contributed by atoms with Gasteiger partial charge >= 0.3 is 0 Å². The fourth-order valence-electron chi connectivity index (χ4n) is 3.31. The summed E-state index contributed by atoms with van der Waals surface area (Å²) >= 11 is 0. The van der Waals surface area contributed by atoms with Crippen LogP contribution in [0, 0.1) is 0 Å². The second-order valence-corrected chi connectivity index (χ2v) is 6.91. The number of nitrogens with one attached hydrogen (secondary N) is 1. The highest BCUT2D eigenvalue weighted by Gasteiger charge is 2.14. The van der Waals surface area contributed by atoms with E-state index in [9.17, 15) is 0 Å². The largest absolute Gasteiger partial charge is 0.497 e. The van der Waals surface area contributed by atoms with Gasteiger partial charge in [0.25, 0.3) is 0 Å². The molecule has 0 amide bonds. The lowest BCUT2D eigenvalue weighted by atomic mass is 9.98. The van der Waals surface area contributed by atoms with Gasteiger partial charge in [-0.05, 0) is 55.5 Å². The first-order valence-corrected chi connectivity index (χ1v) is 9.72. The molecule has 7 heteroatoms. The van der Waals surface area contributed by atoms with Crippen molar-refractivity contribution in [3.8, 4) is 17.2 Å². The number of hydrogen-bond donors (Lipinski definition) is 2. The number of benzene rings is 2. The van der Waals surface area contributed by atoms with E-state index in [0.29, 0.717) is 35.8 Å². The molecule has 1 aliphatic carbocycles. The monoisotopic (exact) mass is 511 g/mol. The van der Waals surface area contributed by atoms with Crippen molar-refractivity contribution in [3.05, 3.63) is 48.0 Å². The van der Waals surface area contributed by atoms with Gasteiger partial charge in [-0.2, -0.15) is 0 Å². The Morgan fingerprint density at radius 3 is 2.34 bits per heavy atom. The maximum absolute atomic E-state index is 6.06. The minimum absolute atomic E-state index is 0.